The van der Waals surface area contributed by atoms with Gasteiger partial charge >= 0.3 is 0 Å². The van der Waals surface area contributed by atoms with Gasteiger partial charge in [0.25, 0.3) is 5.17 Å². The van der Waals surface area contributed by atoms with Crippen LogP contribution in [-0.4, -0.2) is 5.17 Å². The number of nitrogens with two attached hydrogens (primary N) is 1. The van der Waals surface area contributed by atoms with Crippen LogP contribution < -0.4 is 5.73 Å². The highest BCUT2D eigenvalue weighted by Crippen LogP contribution is 2.47. The van der Waals surface area contributed by atoms with Crippen LogP contribution in [-0.2, 0) is 10.3 Å². The van der Waals surface area contributed by atoms with Crippen LogP contribution in [0.15, 0.2) is 48.5 Å². The second-order valence-corrected chi connectivity index (χ2v) is 6.91. The van der Waals surface area contributed by atoms with Crippen LogP contribution in [0.4, 0.5) is 8.78 Å². The fourth-order valence-electron chi connectivity index (χ4n) is 3.90. The van der Waals surface area contributed by atoms with Crippen molar-refractivity contribution in [2.24, 2.45) is 11.7 Å². The van der Waals surface area contributed by atoms with Crippen LogP contribution in [0.5, 0.6) is 0 Å². The van der Waals surface area contributed by atoms with E-state index in [9.17, 15) is 8.78 Å². The van der Waals surface area contributed by atoms with Crippen LogP contribution in [0.25, 0.3) is 0 Å². The van der Waals surface area contributed by atoms with Crippen molar-refractivity contribution < 1.29 is 13.5 Å². The lowest BCUT2D eigenvalue weighted by molar-refractivity contribution is 0.0143. The van der Waals surface area contributed by atoms with E-state index in [4.69, 9.17) is 22.7 Å². The van der Waals surface area contributed by atoms with E-state index in [2.05, 4.69) is 0 Å². The van der Waals surface area contributed by atoms with Gasteiger partial charge in [0, 0.05) is 17.0 Å². The van der Waals surface area contributed by atoms with E-state index in [1.54, 1.807) is 24.3 Å². The molecule has 0 amide bonds. The van der Waals surface area contributed by atoms with Crippen LogP contribution in [0.2, 0.25) is 0 Å². The van der Waals surface area contributed by atoms with Gasteiger partial charge in [-0.25, -0.2) is 8.78 Å². The zero-order chi connectivity index (χ0) is 17.9. The van der Waals surface area contributed by atoms with Crippen LogP contribution in [0.3, 0.4) is 0 Å². The molecule has 2 nitrogen and oxygen atoms in total. The molecule has 1 aliphatic rings. The van der Waals surface area contributed by atoms with Gasteiger partial charge in [-0.2, -0.15) is 0 Å². The molecule has 0 spiro atoms. The number of hydrogen-bond donors (Lipinski definition) is 1. The molecule has 2 aromatic rings. The first-order valence-corrected chi connectivity index (χ1v) is 8.94. The molecule has 0 radical (unpaired) electrons. The maximum Gasteiger partial charge on any atom is 0.255 e. The topological polar surface area (TPSA) is 35.2 Å². The van der Waals surface area contributed by atoms with Gasteiger partial charge < -0.3 is 10.5 Å². The number of hydrogen-bond acceptors (Lipinski definition) is 2. The van der Waals surface area contributed by atoms with Gasteiger partial charge in [-0.1, -0.05) is 43.5 Å². The van der Waals surface area contributed by atoms with E-state index in [0.29, 0.717) is 0 Å². The minimum absolute atomic E-state index is 0.0702. The largest absolute Gasteiger partial charge is 0.454 e. The molecule has 1 saturated carbocycles. The quantitative estimate of drug-likeness (QED) is 0.774. The molecular weight excluding hydrogens is 340 g/mol. The van der Waals surface area contributed by atoms with Crippen LogP contribution in [0, 0.1) is 17.6 Å². The lowest BCUT2D eigenvalue weighted by Gasteiger charge is -2.43. The number of ether oxygens (including phenoxy) is 1. The molecule has 3 rings (SSSR count). The Kier molecular flexibility index (Phi) is 5.33. The van der Waals surface area contributed by atoms with E-state index in [1.807, 2.05) is 0 Å². The summed E-state index contributed by atoms with van der Waals surface area (Å²) in [6, 6.07) is 12.4. The standard InChI is InChI=1S/C20H21F2NOS/c21-17-10-6-15(7-11-17)20(24-19(23)25,14-4-2-1-3-5-14)16-8-12-18(22)13-9-16/h6-14H,1-5H2,(H2,23,25). The Morgan fingerprint density at radius 3 is 1.72 bits per heavy atom. The Bertz CT molecular complexity index is 679. The van der Waals surface area contributed by atoms with E-state index < -0.39 is 5.60 Å². The summed E-state index contributed by atoms with van der Waals surface area (Å²) < 4.78 is 33.1. The highest BCUT2D eigenvalue weighted by Gasteiger charge is 2.45. The second-order valence-electron chi connectivity index (χ2n) is 6.51. The molecule has 132 valence electrons. The molecule has 5 heteroatoms. The molecular formula is C20H21F2NOS. The maximum atomic E-state index is 13.5. The van der Waals surface area contributed by atoms with Gasteiger partial charge in [0.2, 0.25) is 0 Å². The van der Waals surface area contributed by atoms with E-state index in [-0.39, 0.29) is 22.7 Å². The normalized spacial score (nSPS) is 15.8. The molecule has 2 aromatic carbocycles. The summed E-state index contributed by atoms with van der Waals surface area (Å²) in [6.07, 6.45) is 5.21. The molecule has 0 heterocycles. The Morgan fingerprint density at radius 1 is 0.880 bits per heavy atom. The predicted octanol–water partition coefficient (Wildman–Crippen LogP) is 5.05. The van der Waals surface area contributed by atoms with Crippen molar-refractivity contribution in [1.82, 2.24) is 0 Å². The molecule has 1 aliphatic carbocycles. The van der Waals surface area contributed by atoms with Crippen LogP contribution >= 0.6 is 12.2 Å². The molecule has 25 heavy (non-hydrogen) atoms. The van der Waals surface area contributed by atoms with Crippen molar-refractivity contribution in [1.29, 1.82) is 0 Å². The Balaban J connectivity index is 2.19. The number of benzene rings is 2. The smallest absolute Gasteiger partial charge is 0.255 e. The highest BCUT2D eigenvalue weighted by atomic mass is 32.1. The average Bonchev–Trinajstić information content (AvgIpc) is 2.62. The lowest BCUT2D eigenvalue weighted by atomic mass is 9.69. The minimum Gasteiger partial charge on any atom is -0.454 e. The zero-order valence-electron chi connectivity index (χ0n) is 13.9. The molecule has 0 atom stereocenters. The first kappa shape index (κ1) is 17.8. The SMILES string of the molecule is NC(=S)OC(c1ccc(F)cc1)(c1ccc(F)cc1)C1CCCCC1. The molecule has 0 aliphatic heterocycles. The van der Waals surface area contributed by atoms with Crippen molar-refractivity contribution in [3.63, 3.8) is 0 Å². The van der Waals surface area contributed by atoms with Crippen LogP contribution in [0.1, 0.15) is 43.2 Å². The molecule has 0 bridgehead atoms. The van der Waals surface area contributed by atoms with E-state index >= 15 is 0 Å². The summed E-state index contributed by atoms with van der Waals surface area (Å²) in [5.74, 6) is -0.523. The number of halogens is 2. The predicted molar refractivity (Wildman–Crippen MR) is 98.0 cm³/mol. The van der Waals surface area contributed by atoms with Crippen molar-refractivity contribution in [3.8, 4) is 0 Å². The van der Waals surface area contributed by atoms with E-state index in [1.165, 1.54) is 30.7 Å². The van der Waals surface area contributed by atoms with Gasteiger partial charge in [-0.05, 0) is 49.3 Å². The van der Waals surface area contributed by atoms with Gasteiger partial charge in [0.1, 0.15) is 11.6 Å². The van der Waals surface area contributed by atoms with Gasteiger partial charge in [0.15, 0.2) is 5.60 Å². The molecule has 2 N–H and O–H groups in total. The summed E-state index contributed by atoms with van der Waals surface area (Å²) in [5.41, 5.74) is 6.40. The molecule has 0 saturated heterocycles. The van der Waals surface area contributed by atoms with Gasteiger partial charge in [0.05, 0.1) is 0 Å². The van der Waals surface area contributed by atoms with E-state index in [0.717, 1.165) is 36.8 Å². The molecule has 0 aromatic heterocycles. The third-order valence-electron chi connectivity index (χ3n) is 4.99. The summed E-state index contributed by atoms with van der Waals surface area (Å²) in [7, 11) is 0. The van der Waals surface area contributed by atoms with Gasteiger partial charge in [-0.15, -0.1) is 0 Å². The Morgan fingerprint density at radius 2 is 1.32 bits per heavy atom. The first-order chi connectivity index (χ1) is 12.0. The number of thiocarbonyl (C=S) groups is 1. The second kappa shape index (κ2) is 7.48. The van der Waals surface area contributed by atoms with Crippen molar-refractivity contribution in [3.05, 3.63) is 71.3 Å². The fourth-order valence-corrected chi connectivity index (χ4v) is 4.03. The maximum absolute atomic E-state index is 13.5. The molecule has 0 unspecified atom stereocenters. The summed E-state index contributed by atoms with van der Waals surface area (Å²) in [5, 5.41) is -0.0702. The van der Waals surface area contributed by atoms with Crippen molar-refractivity contribution >= 4 is 17.4 Å². The highest BCUT2D eigenvalue weighted by molar-refractivity contribution is 7.80. The summed E-state index contributed by atoms with van der Waals surface area (Å²) >= 11 is 5.07. The third kappa shape index (κ3) is 3.66. The summed E-state index contributed by atoms with van der Waals surface area (Å²) in [6.45, 7) is 0. The number of rotatable bonds is 4. The van der Waals surface area contributed by atoms with Gasteiger partial charge in [-0.3, -0.25) is 0 Å². The fraction of sp³-hybridized carbons (Fsp3) is 0.350. The zero-order valence-corrected chi connectivity index (χ0v) is 14.7. The van der Waals surface area contributed by atoms with Crippen molar-refractivity contribution in [2.75, 3.05) is 0 Å². The Hall–Kier alpha value is -2.01. The average molecular weight is 361 g/mol. The molecule has 1 fully saturated rings. The van der Waals surface area contributed by atoms with Crippen molar-refractivity contribution in [2.45, 2.75) is 37.7 Å². The monoisotopic (exact) mass is 361 g/mol. The lowest BCUT2D eigenvalue weighted by Crippen LogP contribution is -2.43. The third-order valence-corrected chi connectivity index (χ3v) is 5.07. The summed E-state index contributed by atoms with van der Waals surface area (Å²) in [4.78, 5) is 0. The minimum atomic E-state index is -0.937. The first-order valence-electron chi connectivity index (χ1n) is 8.53. The Labute approximate surface area is 152 Å².